The molecule has 0 spiro atoms. The van der Waals surface area contributed by atoms with Crippen LogP contribution in [0.25, 0.3) is 0 Å². The first-order valence-electron chi connectivity index (χ1n) is 5.80. The number of hydrogen-bond donors (Lipinski definition) is 0. The van der Waals surface area contributed by atoms with Crippen molar-refractivity contribution in [2.75, 3.05) is 39.3 Å². The van der Waals surface area contributed by atoms with E-state index in [1.807, 2.05) is 13.8 Å². The number of rotatable bonds is 4. The molecule has 0 aromatic carbocycles. The second-order valence-electron chi connectivity index (χ2n) is 5.02. The molecule has 4 nitrogen and oxygen atoms in total. The van der Waals surface area contributed by atoms with Crippen LogP contribution < -0.4 is 0 Å². The van der Waals surface area contributed by atoms with Crippen LogP contribution in [0, 0.1) is 28.1 Å². The molecule has 0 aliphatic carbocycles. The van der Waals surface area contributed by atoms with Gasteiger partial charge >= 0.3 is 0 Å². The van der Waals surface area contributed by atoms with Crippen molar-refractivity contribution in [1.82, 2.24) is 9.80 Å². The molecular formula is C12H20N4. The summed E-state index contributed by atoms with van der Waals surface area (Å²) in [7, 11) is 0. The molecular weight excluding hydrogens is 200 g/mol. The Morgan fingerprint density at radius 1 is 1.06 bits per heavy atom. The summed E-state index contributed by atoms with van der Waals surface area (Å²) in [6, 6.07) is 4.51. The molecule has 0 aromatic heterocycles. The summed E-state index contributed by atoms with van der Waals surface area (Å²) in [6.45, 7) is 9.48. The molecule has 0 N–H and O–H groups in total. The van der Waals surface area contributed by atoms with E-state index in [1.165, 1.54) is 0 Å². The summed E-state index contributed by atoms with van der Waals surface area (Å²) < 4.78 is 0. The van der Waals surface area contributed by atoms with Crippen LogP contribution in [0.15, 0.2) is 0 Å². The van der Waals surface area contributed by atoms with Gasteiger partial charge in [0.1, 0.15) is 0 Å². The molecule has 0 bridgehead atoms. The van der Waals surface area contributed by atoms with E-state index in [0.717, 1.165) is 39.1 Å². The Kier molecular flexibility index (Phi) is 4.73. The van der Waals surface area contributed by atoms with Crippen LogP contribution in [0.4, 0.5) is 0 Å². The molecule has 0 radical (unpaired) electrons. The fourth-order valence-corrected chi connectivity index (χ4v) is 1.76. The van der Waals surface area contributed by atoms with E-state index in [2.05, 4.69) is 21.9 Å². The van der Waals surface area contributed by atoms with E-state index in [9.17, 15) is 0 Å². The SMILES string of the molecule is CC(C)(C#N)CCN1CCN(CC#N)CC1. The number of piperazine rings is 1. The van der Waals surface area contributed by atoms with Crippen LogP contribution in [0.1, 0.15) is 20.3 Å². The van der Waals surface area contributed by atoms with E-state index >= 15 is 0 Å². The van der Waals surface area contributed by atoms with Gasteiger partial charge in [0.2, 0.25) is 0 Å². The summed E-state index contributed by atoms with van der Waals surface area (Å²) in [4.78, 5) is 4.55. The van der Waals surface area contributed by atoms with Crippen LogP contribution >= 0.6 is 0 Å². The fraction of sp³-hybridized carbons (Fsp3) is 0.833. The highest BCUT2D eigenvalue weighted by molar-refractivity contribution is 4.92. The molecule has 16 heavy (non-hydrogen) atoms. The van der Waals surface area contributed by atoms with Gasteiger partial charge in [-0.2, -0.15) is 10.5 Å². The molecule has 1 aliphatic heterocycles. The molecule has 1 fully saturated rings. The molecule has 0 saturated carbocycles. The van der Waals surface area contributed by atoms with Gasteiger partial charge in [-0.05, 0) is 26.8 Å². The highest BCUT2D eigenvalue weighted by Gasteiger charge is 2.21. The predicted octanol–water partition coefficient (Wildman–Crippen LogP) is 1.07. The predicted molar refractivity (Wildman–Crippen MR) is 62.5 cm³/mol. The monoisotopic (exact) mass is 220 g/mol. The van der Waals surface area contributed by atoms with Crippen LogP contribution in [0.2, 0.25) is 0 Å². The van der Waals surface area contributed by atoms with E-state index in [4.69, 9.17) is 10.5 Å². The van der Waals surface area contributed by atoms with Crippen LogP contribution in [0.5, 0.6) is 0 Å². The van der Waals surface area contributed by atoms with Crippen LogP contribution in [-0.2, 0) is 0 Å². The Balaban J connectivity index is 2.23. The Bertz CT molecular complexity index is 289. The summed E-state index contributed by atoms with van der Waals surface area (Å²) >= 11 is 0. The fourth-order valence-electron chi connectivity index (χ4n) is 1.76. The molecule has 0 unspecified atom stereocenters. The van der Waals surface area contributed by atoms with Crippen LogP contribution in [-0.4, -0.2) is 49.1 Å². The molecule has 1 rings (SSSR count). The Hall–Kier alpha value is -1.10. The molecule has 0 amide bonds. The van der Waals surface area contributed by atoms with Gasteiger partial charge in [-0.3, -0.25) is 4.90 Å². The minimum Gasteiger partial charge on any atom is -0.301 e. The molecule has 1 aliphatic rings. The highest BCUT2D eigenvalue weighted by Crippen LogP contribution is 2.19. The van der Waals surface area contributed by atoms with Crippen molar-refractivity contribution < 1.29 is 0 Å². The van der Waals surface area contributed by atoms with Crippen LogP contribution in [0.3, 0.4) is 0 Å². The van der Waals surface area contributed by atoms with Gasteiger partial charge in [0, 0.05) is 26.2 Å². The van der Waals surface area contributed by atoms with Gasteiger partial charge in [0.05, 0.1) is 24.1 Å². The lowest BCUT2D eigenvalue weighted by atomic mass is 9.91. The lowest BCUT2D eigenvalue weighted by molar-refractivity contribution is 0.134. The number of nitriles is 2. The first-order valence-corrected chi connectivity index (χ1v) is 5.80. The summed E-state index contributed by atoms with van der Waals surface area (Å²) in [5, 5.41) is 17.5. The molecule has 0 atom stereocenters. The molecule has 4 heteroatoms. The second-order valence-corrected chi connectivity index (χ2v) is 5.02. The summed E-state index contributed by atoms with van der Waals surface area (Å²) in [6.07, 6.45) is 0.918. The third-order valence-electron chi connectivity index (χ3n) is 3.11. The van der Waals surface area contributed by atoms with Crippen molar-refractivity contribution in [1.29, 1.82) is 10.5 Å². The molecule has 1 heterocycles. The zero-order valence-electron chi connectivity index (χ0n) is 10.2. The standard InChI is InChI=1S/C12H20N4/c1-12(2,11-14)3-5-15-7-9-16(6-4-13)10-8-15/h3,5-10H2,1-2H3. The minimum atomic E-state index is -0.218. The van der Waals surface area contributed by atoms with E-state index < -0.39 is 0 Å². The third-order valence-corrected chi connectivity index (χ3v) is 3.11. The maximum absolute atomic E-state index is 8.92. The van der Waals surface area contributed by atoms with Gasteiger partial charge in [-0.25, -0.2) is 0 Å². The van der Waals surface area contributed by atoms with Crippen molar-refractivity contribution in [3.63, 3.8) is 0 Å². The first-order chi connectivity index (χ1) is 7.57. The topological polar surface area (TPSA) is 54.1 Å². The zero-order valence-corrected chi connectivity index (χ0v) is 10.2. The van der Waals surface area contributed by atoms with Gasteiger partial charge < -0.3 is 4.90 Å². The largest absolute Gasteiger partial charge is 0.301 e. The highest BCUT2D eigenvalue weighted by atomic mass is 15.3. The smallest absolute Gasteiger partial charge is 0.0866 e. The van der Waals surface area contributed by atoms with Crippen molar-refractivity contribution in [3.05, 3.63) is 0 Å². The minimum absolute atomic E-state index is 0.218. The van der Waals surface area contributed by atoms with E-state index in [0.29, 0.717) is 6.54 Å². The van der Waals surface area contributed by atoms with Crippen molar-refractivity contribution in [2.24, 2.45) is 5.41 Å². The number of hydrogen-bond acceptors (Lipinski definition) is 4. The Morgan fingerprint density at radius 3 is 2.12 bits per heavy atom. The quantitative estimate of drug-likeness (QED) is 0.665. The van der Waals surface area contributed by atoms with Crippen molar-refractivity contribution in [3.8, 4) is 12.1 Å². The third kappa shape index (κ3) is 4.18. The number of nitrogens with zero attached hydrogens (tertiary/aromatic N) is 4. The second kappa shape index (κ2) is 5.84. The average Bonchev–Trinajstić information content (AvgIpc) is 2.29. The van der Waals surface area contributed by atoms with Gasteiger partial charge in [-0.1, -0.05) is 0 Å². The lowest BCUT2D eigenvalue weighted by Crippen LogP contribution is -2.47. The van der Waals surface area contributed by atoms with Crippen molar-refractivity contribution >= 4 is 0 Å². The normalized spacial score (nSPS) is 19.0. The first kappa shape index (κ1) is 13.0. The maximum Gasteiger partial charge on any atom is 0.0866 e. The average molecular weight is 220 g/mol. The Morgan fingerprint density at radius 2 is 1.62 bits per heavy atom. The molecule has 1 saturated heterocycles. The van der Waals surface area contributed by atoms with Crippen molar-refractivity contribution in [2.45, 2.75) is 20.3 Å². The molecule has 0 aromatic rings. The zero-order chi connectivity index (χ0) is 12.0. The summed E-state index contributed by atoms with van der Waals surface area (Å²) in [5.74, 6) is 0. The van der Waals surface area contributed by atoms with E-state index in [-0.39, 0.29) is 5.41 Å². The molecule has 88 valence electrons. The van der Waals surface area contributed by atoms with Gasteiger partial charge in [0.25, 0.3) is 0 Å². The van der Waals surface area contributed by atoms with Gasteiger partial charge in [0.15, 0.2) is 0 Å². The summed E-state index contributed by atoms with van der Waals surface area (Å²) in [5.41, 5.74) is -0.218. The van der Waals surface area contributed by atoms with E-state index in [1.54, 1.807) is 0 Å². The van der Waals surface area contributed by atoms with Gasteiger partial charge in [-0.15, -0.1) is 0 Å². The maximum atomic E-state index is 8.92. The lowest BCUT2D eigenvalue weighted by Gasteiger charge is -2.34. The Labute approximate surface area is 98.1 Å².